The molecular weight excluding hydrogens is 430 g/mol. The second kappa shape index (κ2) is 11.2. The maximum absolute atomic E-state index is 12.4. The van der Waals surface area contributed by atoms with Gasteiger partial charge in [0.05, 0.1) is 4.90 Å². The van der Waals surface area contributed by atoms with Crippen LogP contribution < -0.4 is 10.0 Å². The first-order valence-corrected chi connectivity index (χ1v) is 11.9. The lowest BCUT2D eigenvalue weighted by molar-refractivity contribution is -0.139. The maximum atomic E-state index is 12.4. The van der Waals surface area contributed by atoms with E-state index >= 15 is 0 Å². The Morgan fingerprint density at radius 3 is 2.33 bits per heavy atom. The number of hydrogen-bond acceptors (Lipinski definition) is 7. The summed E-state index contributed by atoms with van der Waals surface area (Å²) in [5, 5.41) is 11.8. The van der Waals surface area contributed by atoms with E-state index in [1.54, 1.807) is 39.2 Å². The number of amides is 1. The van der Waals surface area contributed by atoms with Gasteiger partial charge in [0.25, 0.3) is 10.0 Å². The summed E-state index contributed by atoms with van der Waals surface area (Å²) in [6, 6.07) is 5.30. The fourth-order valence-electron chi connectivity index (χ4n) is 2.21. The Bertz CT molecular complexity index is 861. The van der Waals surface area contributed by atoms with E-state index in [1.165, 1.54) is 12.1 Å². The molecule has 0 aliphatic heterocycles. The minimum absolute atomic E-state index is 0.116. The van der Waals surface area contributed by atoms with Gasteiger partial charge < -0.3 is 15.2 Å². The Kier molecular flexibility index (Phi) is 9.63. The summed E-state index contributed by atoms with van der Waals surface area (Å²) in [6.07, 6.45) is 1.31. The zero-order chi connectivity index (χ0) is 22.9. The molecule has 1 amide bonds. The first kappa shape index (κ1) is 25.8. The van der Waals surface area contributed by atoms with Crippen molar-refractivity contribution in [2.24, 2.45) is 4.99 Å². The van der Waals surface area contributed by atoms with Crippen molar-refractivity contribution < 1.29 is 27.9 Å². The van der Waals surface area contributed by atoms with Gasteiger partial charge in [0.15, 0.2) is 5.17 Å². The maximum Gasteiger partial charge on any atom is 0.408 e. The van der Waals surface area contributed by atoms with Gasteiger partial charge in [0, 0.05) is 6.54 Å². The summed E-state index contributed by atoms with van der Waals surface area (Å²) >= 11 is 1.13. The molecule has 168 valence electrons. The predicted molar refractivity (Wildman–Crippen MR) is 117 cm³/mol. The van der Waals surface area contributed by atoms with Crippen LogP contribution in [0.1, 0.15) is 39.2 Å². The van der Waals surface area contributed by atoms with E-state index in [2.05, 4.69) is 15.0 Å². The zero-order valence-corrected chi connectivity index (χ0v) is 19.4. The number of aliphatic imine (C=N–C) groups is 1. The number of rotatable bonds is 8. The van der Waals surface area contributed by atoms with Crippen LogP contribution in [0.5, 0.6) is 0 Å². The first-order valence-electron chi connectivity index (χ1n) is 9.24. The summed E-state index contributed by atoms with van der Waals surface area (Å²) in [6.45, 7) is 7.09. The van der Waals surface area contributed by atoms with E-state index < -0.39 is 33.7 Å². The number of nitrogens with one attached hydrogen (secondary N) is 2. The minimum atomic E-state index is -3.76. The van der Waals surface area contributed by atoms with Crippen LogP contribution in [0.15, 0.2) is 34.2 Å². The quantitative estimate of drug-likeness (QED) is 0.309. The molecule has 0 spiro atoms. The molecule has 0 unspecified atom stereocenters. The van der Waals surface area contributed by atoms with Crippen LogP contribution in [0.25, 0.3) is 0 Å². The minimum Gasteiger partial charge on any atom is -0.480 e. The number of thioether (sulfide) groups is 1. The Morgan fingerprint density at radius 2 is 1.83 bits per heavy atom. The number of carboxylic acid groups (broad SMARTS) is 1. The Balaban J connectivity index is 2.64. The molecule has 0 radical (unpaired) electrons. The number of carboxylic acids is 1. The Labute approximate surface area is 181 Å². The topological polar surface area (TPSA) is 134 Å². The number of aliphatic carboxylic acids is 1. The van der Waals surface area contributed by atoms with E-state index in [1.807, 2.05) is 6.92 Å². The molecule has 0 heterocycles. The summed E-state index contributed by atoms with van der Waals surface area (Å²) in [7, 11) is -3.76. The molecule has 0 aliphatic rings. The van der Waals surface area contributed by atoms with Crippen molar-refractivity contribution in [2.75, 3.05) is 12.8 Å². The molecule has 0 saturated carbocycles. The number of amidine groups is 1. The number of sulfonamides is 1. The number of carbonyl (C=O) groups is 2. The highest BCUT2D eigenvalue weighted by molar-refractivity contribution is 8.14. The van der Waals surface area contributed by atoms with Crippen LogP contribution in [0, 0.1) is 6.92 Å². The lowest BCUT2D eigenvalue weighted by atomic mass is 10.1. The average molecular weight is 460 g/mol. The fourth-order valence-corrected chi connectivity index (χ4v) is 4.00. The van der Waals surface area contributed by atoms with Gasteiger partial charge in [-0.15, -0.1) is 0 Å². The van der Waals surface area contributed by atoms with E-state index in [0.717, 1.165) is 17.3 Å². The standard InChI is InChI=1S/C19H29N3O6S2/c1-13-8-10-14(11-9-13)30(26,27)22-17(29-5)20-12-6-7-15(16(23)24)21-18(25)28-19(2,3)4/h8-11,15H,6-7,12H2,1-5H3,(H,20,22)(H,21,25)(H,23,24)/t15-/m0/s1. The van der Waals surface area contributed by atoms with Crippen molar-refractivity contribution in [1.29, 1.82) is 0 Å². The van der Waals surface area contributed by atoms with Gasteiger partial charge in [-0.2, -0.15) is 0 Å². The molecule has 1 aromatic carbocycles. The lowest BCUT2D eigenvalue weighted by Gasteiger charge is -2.21. The second-order valence-corrected chi connectivity index (χ2v) is 9.97. The van der Waals surface area contributed by atoms with Gasteiger partial charge in [-0.3, -0.25) is 9.71 Å². The smallest absolute Gasteiger partial charge is 0.408 e. The van der Waals surface area contributed by atoms with Gasteiger partial charge in [0.1, 0.15) is 11.6 Å². The third-order valence-electron chi connectivity index (χ3n) is 3.64. The van der Waals surface area contributed by atoms with Gasteiger partial charge in [0.2, 0.25) is 0 Å². The third kappa shape index (κ3) is 9.49. The molecule has 1 rings (SSSR count). The highest BCUT2D eigenvalue weighted by Crippen LogP contribution is 2.12. The number of carbonyl (C=O) groups excluding carboxylic acids is 1. The molecule has 3 N–H and O–H groups in total. The fraction of sp³-hybridized carbons (Fsp3) is 0.526. The second-order valence-electron chi connectivity index (χ2n) is 7.49. The number of hydrogen-bond donors (Lipinski definition) is 3. The lowest BCUT2D eigenvalue weighted by Crippen LogP contribution is -2.43. The average Bonchev–Trinajstić information content (AvgIpc) is 2.61. The van der Waals surface area contributed by atoms with E-state index in [0.29, 0.717) is 6.42 Å². The highest BCUT2D eigenvalue weighted by Gasteiger charge is 2.23. The normalized spacial score (nSPS) is 13.4. The Morgan fingerprint density at radius 1 is 1.23 bits per heavy atom. The number of nitrogens with zero attached hydrogens (tertiary/aromatic N) is 1. The summed E-state index contributed by atoms with van der Waals surface area (Å²) in [4.78, 5) is 27.4. The molecule has 0 aromatic heterocycles. The van der Waals surface area contributed by atoms with Crippen molar-refractivity contribution in [3.8, 4) is 0 Å². The third-order valence-corrected chi connectivity index (χ3v) is 5.74. The summed E-state index contributed by atoms with van der Waals surface area (Å²) < 4.78 is 32.4. The van der Waals surface area contributed by atoms with E-state index in [4.69, 9.17) is 4.74 Å². The number of benzene rings is 1. The molecule has 30 heavy (non-hydrogen) atoms. The van der Waals surface area contributed by atoms with Crippen molar-refractivity contribution >= 4 is 39.0 Å². The number of ether oxygens (including phenoxy) is 1. The zero-order valence-electron chi connectivity index (χ0n) is 17.8. The molecular formula is C19H29N3O6S2. The van der Waals surface area contributed by atoms with Crippen LogP contribution in [-0.2, 0) is 19.6 Å². The molecule has 1 atom stereocenters. The monoisotopic (exact) mass is 459 g/mol. The number of aryl methyl sites for hydroxylation is 1. The molecule has 11 heteroatoms. The van der Waals surface area contributed by atoms with Crippen molar-refractivity contribution in [1.82, 2.24) is 10.0 Å². The van der Waals surface area contributed by atoms with Crippen LogP contribution in [0.3, 0.4) is 0 Å². The first-order chi connectivity index (χ1) is 13.8. The van der Waals surface area contributed by atoms with Crippen LogP contribution in [0.4, 0.5) is 4.79 Å². The molecule has 0 saturated heterocycles. The molecule has 9 nitrogen and oxygen atoms in total. The molecule has 0 fully saturated rings. The predicted octanol–water partition coefficient (Wildman–Crippen LogP) is 2.75. The van der Waals surface area contributed by atoms with Gasteiger partial charge in [-0.05, 0) is 58.9 Å². The van der Waals surface area contributed by atoms with Crippen LogP contribution in [0.2, 0.25) is 0 Å². The van der Waals surface area contributed by atoms with Crippen molar-refractivity contribution in [3.63, 3.8) is 0 Å². The van der Waals surface area contributed by atoms with Gasteiger partial charge in [-0.1, -0.05) is 29.5 Å². The summed E-state index contributed by atoms with van der Waals surface area (Å²) in [5.74, 6) is -1.19. The van der Waals surface area contributed by atoms with Crippen molar-refractivity contribution in [2.45, 2.75) is 57.1 Å². The van der Waals surface area contributed by atoms with E-state index in [9.17, 15) is 23.1 Å². The van der Waals surface area contributed by atoms with E-state index in [-0.39, 0.29) is 23.0 Å². The Hall–Kier alpha value is -2.27. The molecule has 1 aromatic rings. The SMILES string of the molecule is CSC(=NCCC[C@H](NC(=O)OC(C)(C)C)C(=O)O)NS(=O)(=O)c1ccc(C)cc1. The van der Waals surface area contributed by atoms with Crippen LogP contribution >= 0.6 is 11.8 Å². The largest absolute Gasteiger partial charge is 0.480 e. The molecule has 0 bridgehead atoms. The van der Waals surface area contributed by atoms with Gasteiger partial charge in [-0.25, -0.2) is 18.0 Å². The van der Waals surface area contributed by atoms with Crippen molar-refractivity contribution in [3.05, 3.63) is 29.8 Å². The van der Waals surface area contributed by atoms with Gasteiger partial charge >= 0.3 is 12.1 Å². The number of alkyl carbamates (subject to hydrolysis) is 1. The van der Waals surface area contributed by atoms with Crippen LogP contribution in [-0.4, -0.2) is 55.2 Å². The molecule has 0 aliphatic carbocycles. The highest BCUT2D eigenvalue weighted by atomic mass is 32.2. The summed E-state index contributed by atoms with van der Waals surface area (Å²) in [5.41, 5.74) is 0.208.